The van der Waals surface area contributed by atoms with E-state index in [-0.39, 0.29) is 6.04 Å². The zero-order valence-corrected chi connectivity index (χ0v) is 11.0. The molecule has 0 bridgehead atoms. The molecule has 80 valence electrons. The topological polar surface area (TPSA) is 38.0 Å². The summed E-state index contributed by atoms with van der Waals surface area (Å²) in [6.07, 6.45) is 2.29. The molecule has 0 fully saturated rings. The van der Waals surface area contributed by atoms with Gasteiger partial charge in [0.1, 0.15) is 0 Å². The monoisotopic (exact) mass is 276 g/mol. The van der Waals surface area contributed by atoms with Crippen molar-refractivity contribution in [1.82, 2.24) is 5.43 Å². The van der Waals surface area contributed by atoms with Crippen molar-refractivity contribution >= 4 is 27.3 Å². The van der Waals surface area contributed by atoms with Crippen LogP contribution in [0.2, 0.25) is 0 Å². The van der Waals surface area contributed by atoms with E-state index in [9.17, 15) is 0 Å². The molecular formula is C10H17BrN2S. The standard InChI is InChI=1S/C10H17BrN2S/c1-3-7(2)6-9(13-12)10-8(11)4-5-14-10/h4-5,7,9,13H,3,6,12H2,1-2H3. The van der Waals surface area contributed by atoms with Crippen molar-refractivity contribution in [1.29, 1.82) is 0 Å². The molecule has 2 unspecified atom stereocenters. The lowest BCUT2D eigenvalue weighted by molar-refractivity contribution is 0.411. The normalized spacial score (nSPS) is 15.4. The van der Waals surface area contributed by atoms with Crippen LogP contribution in [0.15, 0.2) is 15.9 Å². The van der Waals surface area contributed by atoms with Gasteiger partial charge in [-0.05, 0) is 39.7 Å². The lowest BCUT2D eigenvalue weighted by Gasteiger charge is -2.18. The quantitative estimate of drug-likeness (QED) is 0.639. The summed E-state index contributed by atoms with van der Waals surface area (Å²) in [5.74, 6) is 6.27. The summed E-state index contributed by atoms with van der Waals surface area (Å²) in [5, 5.41) is 2.08. The van der Waals surface area contributed by atoms with Crippen LogP contribution in [0, 0.1) is 5.92 Å². The van der Waals surface area contributed by atoms with Gasteiger partial charge in [-0.15, -0.1) is 11.3 Å². The Morgan fingerprint density at radius 2 is 2.36 bits per heavy atom. The number of halogens is 1. The van der Waals surface area contributed by atoms with E-state index >= 15 is 0 Å². The van der Waals surface area contributed by atoms with Crippen LogP contribution in [0.5, 0.6) is 0 Å². The summed E-state index contributed by atoms with van der Waals surface area (Å²) in [6.45, 7) is 4.47. The molecular weight excluding hydrogens is 260 g/mol. The fourth-order valence-corrected chi connectivity index (χ4v) is 3.10. The molecule has 1 heterocycles. The van der Waals surface area contributed by atoms with Gasteiger partial charge in [0.15, 0.2) is 0 Å². The maximum absolute atomic E-state index is 5.57. The van der Waals surface area contributed by atoms with E-state index in [2.05, 4.69) is 46.6 Å². The number of rotatable bonds is 5. The molecule has 0 aromatic carbocycles. The summed E-state index contributed by atoms with van der Waals surface area (Å²) in [7, 11) is 0. The summed E-state index contributed by atoms with van der Waals surface area (Å²) in [6, 6.07) is 2.35. The van der Waals surface area contributed by atoms with E-state index in [1.165, 1.54) is 11.3 Å². The Morgan fingerprint density at radius 1 is 1.64 bits per heavy atom. The molecule has 0 radical (unpaired) electrons. The van der Waals surface area contributed by atoms with E-state index in [4.69, 9.17) is 5.84 Å². The van der Waals surface area contributed by atoms with Crippen LogP contribution >= 0.6 is 27.3 Å². The van der Waals surface area contributed by atoms with Gasteiger partial charge >= 0.3 is 0 Å². The summed E-state index contributed by atoms with van der Waals surface area (Å²) in [4.78, 5) is 1.30. The average molecular weight is 277 g/mol. The lowest BCUT2D eigenvalue weighted by atomic mass is 9.99. The maximum Gasteiger partial charge on any atom is 0.0567 e. The summed E-state index contributed by atoms with van der Waals surface area (Å²) < 4.78 is 1.16. The zero-order valence-electron chi connectivity index (χ0n) is 8.59. The van der Waals surface area contributed by atoms with E-state index in [1.54, 1.807) is 11.3 Å². The average Bonchev–Trinajstić information content (AvgIpc) is 2.60. The van der Waals surface area contributed by atoms with Crippen molar-refractivity contribution in [2.75, 3.05) is 0 Å². The Labute approximate surface area is 98.0 Å². The van der Waals surface area contributed by atoms with Gasteiger partial charge in [0.25, 0.3) is 0 Å². The minimum atomic E-state index is 0.277. The third-order valence-corrected chi connectivity index (χ3v) is 4.48. The van der Waals surface area contributed by atoms with Gasteiger partial charge in [0.05, 0.1) is 6.04 Å². The van der Waals surface area contributed by atoms with Gasteiger partial charge in [-0.1, -0.05) is 20.3 Å². The third kappa shape index (κ3) is 3.05. The molecule has 2 nitrogen and oxygen atoms in total. The predicted octanol–water partition coefficient (Wildman–Crippen LogP) is 3.45. The third-order valence-electron chi connectivity index (χ3n) is 2.50. The Bertz CT molecular complexity index is 275. The molecule has 3 N–H and O–H groups in total. The summed E-state index contributed by atoms with van der Waals surface area (Å²) >= 11 is 5.28. The maximum atomic E-state index is 5.57. The second-order valence-corrected chi connectivity index (χ2v) is 5.40. The lowest BCUT2D eigenvalue weighted by Crippen LogP contribution is -2.28. The summed E-state index contributed by atoms with van der Waals surface area (Å²) in [5.41, 5.74) is 2.89. The highest BCUT2D eigenvalue weighted by molar-refractivity contribution is 9.10. The highest BCUT2D eigenvalue weighted by atomic mass is 79.9. The first kappa shape index (κ1) is 12.2. The fourth-order valence-electron chi connectivity index (χ4n) is 1.37. The van der Waals surface area contributed by atoms with Gasteiger partial charge < -0.3 is 0 Å². The first-order valence-corrected chi connectivity index (χ1v) is 6.55. The first-order chi connectivity index (χ1) is 6.69. The van der Waals surface area contributed by atoms with Crippen molar-refractivity contribution in [3.05, 3.63) is 20.8 Å². The number of hydrazine groups is 1. The number of thiophene rings is 1. The molecule has 0 saturated carbocycles. The van der Waals surface area contributed by atoms with E-state index < -0.39 is 0 Å². The van der Waals surface area contributed by atoms with Gasteiger partial charge in [0.2, 0.25) is 0 Å². The zero-order chi connectivity index (χ0) is 10.6. The minimum Gasteiger partial charge on any atom is -0.271 e. The predicted molar refractivity (Wildman–Crippen MR) is 66.2 cm³/mol. The highest BCUT2D eigenvalue weighted by Crippen LogP contribution is 2.32. The number of hydrogen-bond donors (Lipinski definition) is 2. The smallest absolute Gasteiger partial charge is 0.0567 e. The molecule has 1 aromatic rings. The largest absolute Gasteiger partial charge is 0.271 e. The first-order valence-electron chi connectivity index (χ1n) is 4.88. The van der Waals surface area contributed by atoms with Crippen molar-refractivity contribution in [2.45, 2.75) is 32.7 Å². The van der Waals surface area contributed by atoms with Crippen molar-refractivity contribution < 1.29 is 0 Å². The number of nitrogens with two attached hydrogens (primary N) is 1. The van der Waals surface area contributed by atoms with Crippen LogP contribution in [-0.2, 0) is 0 Å². The van der Waals surface area contributed by atoms with Crippen LogP contribution in [0.4, 0.5) is 0 Å². The SMILES string of the molecule is CCC(C)CC(NN)c1sccc1Br. The van der Waals surface area contributed by atoms with Crippen LogP contribution in [-0.4, -0.2) is 0 Å². The second kappa shape index (κ2) is 5.85. The fraction of sp³-hybridized carbons (Fsp3) is 0.600. The molecule has 2 atom stereocenters. The number of nitrogens with one attached hydrogen (secondary N) is 1. The molecule has 0 amide bonds. The van der Waals surface area contributed by atoms with Crippen LogP contribution in [0.25, 0.3) is 0 Å². The molecule has 1 aromatic heterocycles. The van der Waals surface area contributed by atoms with E-state index in [0.29, 0.717) is 5.92 Å². The molecule has 0 aliphatic rings. The molecule has 1 rings (SSSR count). The highest BCUT2D eigenvalue weighted by Gasteiger charge is 2.16. The van der Waals surface area contributed by atoms with Crippen molar-refractivity contribution in [3.8, 4) is 0 Å². The minimum absolute atomic E-state index is 0.277. The molecule has 0 saturated heterocycles. The van der Waals surface area contributed by atoms with E-state index in [0.717, 1.165) is 10.9 Å². The van der Waals surface area contributed by atoms with Crippen LogP contribution in [0.3, 0.4) is 0 Å². The molecule has 0 aliphatic heterocycles. The van der Waals surface area contributed by atoms with E-state index in [1.807, 2.05) is 0 Å². The number of hydrogen-bond acceptors (Lipinski definition) is 3. The van der Waals surface area contributed by atoms with Crippen molar-refractivity contribution in [2.24, 2.45) is 11.8 Å². The molecule has 0 spiro atoms. The second-order valence-electron chi connectivity index (χ2n) is 3.60. The Morgan fingerprint density at radius 3 is 2.79 bits per heavy atom. The Kier molecular flexibility index (Phi) is 5.09. The van der Waals surface area contributed by atoms with Gasteiger partial charge in [-0.25, -0.2) is 0 Å². The van der Waals surface area contributed by atoms with Crippen LogP contribution in [0.1, 0.15) is 37.6 Å². The van der Waals surface area contributed by atoms with Gasteiger partial charge in [0, 0.05) is 9.35 Å². The molecule has 0 aliphatic carbocycles. The van der Waals surface area contributed by atoms with Crippen molar-refractivity contribution in [3.63, 3.8) is 0 Å². The Hall–Kier alpha value is 0.100. The van der Waals surface area contributed by atoms with Gasteiger partial charge in [-0.2, -0.15) is 0 Å². The van der Waals surface area contributed by atoms with Crippen LogP contribution < -0.4 is 11.3 Å². The van der Waals surface area contributed by atoms with Gasteiger partial charge in [-0.3, -0.25) is 11.3 Å². The molecule has 14 heavy (non-hydrogen) atoms. The Balaban J connectivity index is 2.67. The molecule has 4 heteroatoms.